The molecule has 7 nitrogen and oxygen atoms in total. The van der Waals surface area contributed by atoms with E-state index in [9.17, 15) is 20.0 Å². The second-order valence-corrected chi connectivity index (χ2v) is 11.9. The van der Waals surface area contributed by atoms with Crippen LogP contribution >= 0.6 is 23.2 Å². The average molecular weight is 609 g/mol. The lowest BCUT2D eigenvalue weighted by Crippen LogP contribution is -2.49. The molecule has 4 N–H and O–H groups in total. The van der Waals surface area contributed by atoms with E-state index in [2.05, 4.69) is 11.4 Å². The molecule has 1 saturated carbocycles. The number of aliphatic hydroxyl groups excluding tert-OH is 1. The number of nitrogens with zero attached hydrogens (tertiary/aromatic N) is 1. The van der Waals surface area contributed by atoms with Crippen LogP contribution in [0.5, 0.6) is 0 Å². The van der Waals surface area contributed by atoms with Gasteiger partial charge >= 0.3 is 5.97 Å². The Morgan fingerprint density at radius 3 is 2.56 bits per heavy atom. The summed E-state index contributed by atoms with van der Waals surface area (Å²) in [6.45, 7) is 1.41. The molecule has 4 rings (SSSR count). The fraction of sp³-hybridized carbons (Fsp3) is 0.500. The summed E-state index contributed by atoms with van der Waals surface area (Å²) >= 11 is 12.2. The largest absolute Gasteiger partial charge is 0.462 e. The molecule has 11 heteroatoms. The van der Waals surface area contributed by atoms with E-state index in [1.165, 1.54) is 30.3 Å². The maximum absolute atomic E-state index is 15.8. The molecule has 0 spiro atoms. The van der Waals surface area contributed by atoms with E-state index < -0.39 is 66.1 Å². The highest BCUT2D eigenvalue weighted by Gasteiger charge is 2.63. The summed E-state index contributed by atoms with van der Waals surface area (Å²) < 4.78 is 36.9. The lowest BCUT2D eigenvalue weighted by molar-refractivity contribution is -0.150. The Kier molecular flexibility index (Phi) is 9.91. The maximum atomic E-state index is 15.8. The lowest BCUT2D eigenvalue weighted by atomic mass is 9.60. The third-order valence-corrected chi connectivity index (χ3v) is 9.11. The van der Waals surface area contributed by atoms with Gasteiger partial charge in [0.15, 0.2) is 0 Å². The molecule has 5 unspecified atom stereocenters. The molecule has 2 aromatic carbocycles. The zero-order valence-corrected chi connectivity index (χ0v) is 24.1. The number of carbonyl (C=O) groups excluding carboxylic acids is 2. The Labute approximate surface area is 247 Å². The van der Waals surface area contributed by atoms with Crippen LogP contribution in [0.4, 0.5) is 8.78 Å². The molecule has 1 saturated heterocycles. The van der Waals surface area contributed by atoms with Gasteiger partial charge in [-0.25, -0.2) is 8.78 Å². The Morgan fingerprint density at radius 2 is 1.93 bits per heavy atom. The van der Waals surface area contributed by atoms with Crippen LogP contribution in [-0.2, 0) is 19.7 Å². The van der Waals surface area contributed by atoms with E-state index in [1.54, 1.807) is 0 Å². The molecule has 0 radical (unpaired) electrons. The third kappa shape index (κ3) is 6.21. The van der Waals surface area contributed by atoms with E-state index in [1.807, 2.05) is 6.92 Å². The molecule has 1 amide bonds. The monoisotopic (exact) mass is 607 g/mol. The van der Waals surface area contributed by atoms with Crippen molar-refractivity contribution in [3.63, 3.8) is 0 Å². The Morgan fingerprint density at radius 1 is 1.22 bits per heavy atom. The highest BCUT2D eigenvalue weighted by Crippen LogP contribution is 2.54. The number of halogens is 4. The van der Waals surface area contributed by atoms with Crippen molar-refractivity contribution in [3.8, 4) is 6.07 Å². The summed E-state index contributed by atoms with van der Waals surface area (Å²) in [5.41, 5.74) is 3.26. The van der Waals surface area contributed by atoms with Crippen LogP contribution in [0, 0.1) is 34.8 Å². The quantitative estimate of drug-likeness (QED) is 0.338. The maximum Gasteiger partial charge on any atom is 0.323 e. The molecule has 2 aliphatic rings. The van der Waals surface area contributed by atoms with Gasteiger partial charge in [0.1, 0.15) is 29.7 Å². The molecule has 2 aromatic rings. The van der Waals surface area contributed by atoms with Crippen LogP contribution in [0.1, 0.15) is 62.5 Å². The standard InChI is InChI=1S/C30H33Cl2F2N3O4/c1-16(17-6-3-2-4-7-17)28-30(15-35,21-11-10-18(31)12-23(21)33)25(20-8-5-9-22(32)26(20)34)27(37-28)29(40)41-14-19(38)13-24(36)39/h5,8-12,16-17,19,25,27-28,37-38H,2-4,6-7,13-14H2,1H3,(H2,36,39)/t16?,19-,25?,27?,28?,30?/m0/s1. The van der Waals surface area contributed by atoms with Crippen LogP contribution in [0.3, 0.4) is 0 Å². The SMILES string of the molecule is CC(C1CCCCC1)C1NC(C(=O)OC[C@@H](O)CC(N)=O)C(c2cccc(Cl)c2F)C1(C#N)c1ccc(Cl)cc1F. The number of primary amides is 1. The number of nitrogens with two attached hydrogens (primary N) is 1. The second-order valence-electron chi connectivity index (χ2n) is 11.1. The van der Waals surface area contributed by atoms with Crippen LogP contribution < -0.4 is 11.1 Å². The molecule has 1 aliphatic carbocycles. The molecular formula is C30H33Cl2F2N3O4. The highest BCUT2D eigenvalue weighted by atomic mass is 35.5. The van der Waals surface area contributed by atoms with Crippen LogP contribution in [0.25, 0.3) is 0 Å². The van der Waals surface area contributed by atoms with Crippen molar-refractivity contribution in [1.82, 2.24) is 5.32 Å². The molecule has 6 atom stereocenters. The normalized spacial score (nSPS) is 26.2. The Balaban J connectivity index is 1.90. The van der Waals surface area contributed by atoms with E-state index in [4.69, 9.17) is 33.7 Å². The van der Waals surface area contributed by atoms with E-state index in [0.29, 0.717) is 0 Å². The van der Waals surface area contributed by atoms with Crippen LogP contribution in [-0.4, -0.2) is 41.8 Å². The summed E-state index contributed by atoms with van der Waals surface area (Å²) in [5.74, 6) is -4.62. The van der Waals surface area contributed by atoms with Crippen molar-refractivity contribution in [1.29, 1.82) is 5.26 Å². The number of carbonyl (C=O) groups is 2. The number of hydrogen-bond acceptors (Lipinski definition) is 6. The number of amides is 1. The van der Waals surface area contributed by atoms with Gasteiger partial charge in [0.05, 0.1) is 23.6 Å². The van der Waals surface area contributed by atoms with Crippen LogP contribution in [0.2, 0.25) is 10.0 Å². The predicted molar refractivity (Wildman–Crippen MR) is 150 cm³/mol. The van der Waals surface area contributed by atoms with E-state index in [0.717, 1.165) is 38.2 Å². The molecule has 0 bridgehead atoms. The van der Waals surface area contributed by atoms with E-state index in [-0.39, 0.29) is 33.0 Å². The molecule has 1 heterocycles. The van der Waals surface area contributed by atoms with Crippen molar-refractivity contribution in [2.75, 3.05) is 6.61 Å². The molecule has 2 fully saturated rings. The minimum Gasteiger partial charge on any atom is -0.462 e. The fourth-order valence-electron chi connectivity index (χ4n) is 6.68. The van der Waals surface area contributed by atoms with Gasteiger partial charge in [0.2, 0.25) is 5.91 Å². The minimum absolute atomic E-state index is 0.0296. The number of benzene rings is 2. The van der Waals surface area contributed by atoms with Gasteiger partial charge in [-0.2, -0.15) is 5.26 Å². The minimum atomic E-state index is -1.79. The number of aliphatic hydroxyl groups is 1. The number of ether oxygens (including phenoxy) is 1. The third-order valence-electron chi connectivity index (χ3n) is 8.58. The van der Waals surface area contributed by atoms with Gasteiger partial charge in [-0.3, -0.25) is 14.9 Å². The van der Waals surface area contributed by atoms with Gasteiger partial charge in [-0.15, -0.1) is 0 Å². The van der Waals surface area contributed by atoms with Gasteiger partial charge in [-0.05, 0) is 35.6 Å². The zero-order chi connectivity index (χ0) is 29.9. The molecule has 41 heavy (non-hydrogen) atoms. The fourth-order valence-corrected chi connectivity index (χ4v) is 7.02. The second kappa shape index (κ2) is 13.0. The van der Waals surface area contributed by atoms with Gasteiger partial charge in [-0.1, -0.05) is 80.4 Å². The number of nitrogens with one attached hydrogen (secondary N) is 1. The Hall–Kier alpha value is -2.77. The number of esters is 1. The lowest BCUT2D eigenvalue weighted by Gasteiger charge is -2.40. The molecule has 0 aromatic heterocycles. The van der Waals surface area contributed by atoms with Crippen LogP contribution in [0.15, 0.2) is 36.4 Å². The number of rotatable bonds is 9. The van der Waals surface area contributed by atoms with Gasteiger partial charge in [0, 0.05) is 22.5 Å². The van der Waals surface area contributed by atoms with Crippen molar-refractivity contribution in [3.05, 3.63) is 69.2 Å². The zero-order valence-electron chi connectivity index (χ0n) is 22.6. The summed E-state index contributed by atoms with van der Waals surface area (Å²) in [4.78, 5) is 24.8. The predicted octanol–water partition coefficient (Wildman–Crippen LogP) is 5.15. The van der Waals surface area contributed by atoms with Gasteiger partial charge < -0.3 is 15.6 Å². The van der Waals surface area contributed by atoms with Crippen molar-refractivity contribution < 1.29 is 28.2 Å². The van der Waals surface area contributed by atoms with Crippen molar-refractivity contribution in [2.24, 2.45) is 17.6 Å². The summed E-state index contributed by atoms with van der Waals surface area (Å²) in [6.07, 6.45) is 3.11. The molecule has 1 aliphatic heterocycles. The summed E-state index contributed by atoms with van der Waals surface area (Å²) in [5, 5.41) is 24.2. The first kappa shape index (κ1) is 31.2. The van der Waals surface area contributed by atoms with Gasteiger partial charge in [0.25, 0.3) is 0 Å². The topological polar surface area (TPSA) is 125 Å². The van der Waals surface area contributed by atoms with E-state index >= 15 is 8.78 Å². The Bertz CT molecular complexity index is 1330. The summed E-state index contributed by atoms with van der Waals surface area (Å²) in [6, 6.07) is 8.41. The first-order valence-electron chi connectivity index (χ1n) is 13.7. The number of nitriles is 1. The van der Waals surface area contributed by atoms with Crippen molar-refractivity contribution >= 4 is 35.1 Å². The molecule has 220 valence electrons. The average Bonchev–Trinajstić information content (AvgIpc) is 3.28. The number of hydrogen-bond donors (Lipinski definition) is 3. The molecular weight excluding hydrogens is 575 g/mol. The first-order valence-corrected chi connectivity index (χ1v) is 14.5. The van der Waals surface area contributed by atoms with Crippen molar-refractivity contribution in [2.45, 2.75) is 75.0 Å². The first-order chi connectivity index (χ1) is 19.5. The highest BCUT2D eigenvalue weighted by molar-refractivity contribution is 6.31. The summed E-state index contributed by atoms with van der Waals surface area (Å²) in [7, 11) is 0. The smallest absolute Gasteiger partial charge is 0.323 e.